The van der Waals surface area contributed by atoms with E-state index in [-0.39, 0.29) is 42.0 Å². The number of anilines is 1. The summed E-state index contributed by atoms with van der Waals surface area (Å²) >= 11 is 1.08. The Labute approximate surface area is 172 Å². The molecule has 3 aromatic rings. The molecule has 160 valence electrons. The minimum absolute atomic E-state index is 0.0318. The van der Waals surface area contributed by atoms with Gasteiger partial charge in [-0.25, -0.2) is 19.3 Å². The summed E-state index contributed by atoms with van der Waals surface area (Å²) in [7, 11) is 0. The molecule has 0 aliphatic rings. The van der Waals surface area contributed by atoms with E-state index < -0.39 is 18.0 Å². The fourth-order valence-corrected chi connectivity index (χ4v) is 3.44. The third-order valence-electron chi connectivity index (χ3n) is 4.14. The zero-order valence-electron chi connectivity index (χ0n) is 16.2. The van der Waals surface area contributed by atoms with Gasteiger partial charge in [0.15, 0.2) is 10.8 Å². The molecule has 0 spiro atoms. The maximum Gasteiger partial charge on any atom is 0.453 e. The molecule has 1 amide bonds. The van der Waals surface area contributed by atoms with Gasteiger partial charge in [-0.15, -0.1) is 16.4 Å². The lowest BCUT2D eigenvalue weighted by Crippen LogP contribution is -2.14. The first-order valence-corrected chi connectivity index (χ1v) is 9.70. The van der Waals surface area contributed by atoms with Crippen LogP contribution in [-0.4, -0.2) is 43.0 Å². The number of aryl methyl sites for hydroxylation is 2. The molecule has 0 saturated heterocycles. The second-order valence-corrected chi connectivity index (χ2v) is 7.07. The number of ether oxygens (including phenoxy) is 1. The van der Waals surface area contributed by atoms with Crippen molar-refractivity contribution < 1.29 is 27.5 Å². The molecular weight excluding hydrogens is 425 g/mol. The summed E-state index contributed by atoms with van der Waals surface area (Å²) in [4.78, 5) is 35.4. The van der Waals surface area contributed by atoms with Crippen LogP contribution in [0.15, 0.2) is 5.38 Å². The summed E-state index contributed by atoms with van der Waals surface area (Å²) < 4.78 is 44.4. The summed E-state index contributed by atoms with van der Waals surface area (Å²) in [5, 5.41) is 7.79. The van der Waals surface area contributed by atoms with Gasteiger partial charge in [-0.05, 0) is 32.8 Å². The largest absolute Gasteiger partial charge is 0.461 e. The highest BCUT2D eigenvalue weighted by atomic mass is 32.1. The van der Waals surface area contributed by atoms with Crippen LogP contribution in [0.1, 0.15) is 46.6 Å². The molecule has 0 saturated carbocycles. The summed E-state index contributed by atoms with van der Waals surface area (Å²) in [6, 6.07) is 0. The van der Waals surface area contributed by atoms with Crippen LogP contribution in [0.4, 0.5) is 18.3 Å². The Bertz CT molecular complexity index is 1110. The number of fused-ring (bicyclic) bond motifs is 1. The number of carbonyl (C=O) groups excluding carboxylic acids is 2. The first-order valence-electron chi connectivity index (χ1n) is 8.82. The van der Waals surface area contributed by atoms with Gasteiger partial charge in [0.25, 0.3) is 11.6 Å². The standard InChI is InChI=1S/C17H17F3N6O3S/c1-4-29-13(28)11-7-30-16(22-11)23-12(27)6-5-10-8(2)21-15-24-14(17(18,19)20)25-26(15)9(10)3/h7H,4-6H2,1-3H3,(H,22,23,27). The Morgan fingerprint density at radius 2 is 1.97 bits per heavy atom. The zero-order valence-corrected chi connectivity index (χ0v) is 17.0. The SMILES string of the molecule is CCOC(=O)c1csc(NC(=O)CCc2c(C)nc3nc(C(F)(F)F)nn3c2C)n1. The monoisotopic (exact) mass is 442 g/mol. The third kappa shape index (κ3) is 4.56. The lowest BCUT2D eigenvalue weighted by molar-refractivity contribution is -0.144. The number of hydrogen-bond donors (Lipinski definition) is 1. The molecule has 1 N–H and O–H groups in total. The molecule has 3 heterocycles. The molecule has 13 heteroatoms. The maximum absolute atomic E-state index is 12.9. The Kier molecular flexibility index (Phi) is 6.01. The predicted molar refractivity (Wildman–Crippen MR) is 100 cm³/mol. The Morgan fingerprint density at radius 3 is 2.63 bits per heavy atom. The van der Waals surface area contributed by atoms with E-state index in [0.29, 0.717) is 17.0 Å². The number of aromatic nitrogens is 5. The quantitative estimate of drug-likeness (QED) is 0.584. The van der Waals surface area contributed by atoms with E-state index >= 15 is 0 Å². The van der Waals surface area contributed by atoms with E-state index in [0.717, 1.165) is 15.9 Å². The van der Waals surface area contributed by atoms with Crippen LogP contribution in [0.25, 0.3) is 5.78 Å². The molecule has 0 aliphatic heterocycles. The van der Waals surface area contributed by atoms with E-state index in [9.17, 15) is 22.8 Å². The van der Waals surface area contributed by atoms with Crippen molar-refractivity contribution in [2.24, 2.45) is 0 Å². The van der Waals surface area contributed by atoms with Crippen molar-refractivity contribution in [2.75, 3.05) is 11.9 Å². The molecule has 0 aliphatic carbocycles. The fraction of sp³-hybridized carbons (Fsp3) is 0.412. The normalized spacial score (nSPS) is 11.7. The topological polar surface area (TPSA) is 111 Å². The van der Waals surface area contributed by atoms with Crippen LogP contribution in [-0.2, 0) is 22.1 Å². The number of rotatable bonds is 6. The Hall–Kier alpha value is -3.09. The lowest BCUT2D eigenvalue weighted by Gasteiger charge is -2.10. The molecule has 0 atom stereocenters. The Morgan fingerprint density at radius 1 is 1.23 bits per heavy atom. The zero-order chi connectivity index (χ0) is 22.1. The Balaban J connectivity index is 1.71. The molecule has 3 rings (SSSR count). The van der Waals surface area contributed by atoms with Crippen LogP contribution in [0.2, 0.25) is 0 Å². The van der Waals surface area contributed by atoms with Gasteiger partial charge in [-0.1, -0.05) is 0 Å². The molecule has 0 unspecified atom stereocenters. The van der Waals surface area contributed by atoms with E-state index in [1.54, 1.807) is 20.8 Å². The second kappa shape index (κ2) is 8.34. The molecule has 30 heavy (non-hydrogen) atoms. The van der Waals surface area contributed by atoms with Gasteiger partial charge in [0.2, 0.25) is 5.91 Å². The van der Waals surface area contributed by atoms with Crippen molar-refractivity contribution in [3.05, 3.63) is 33.8 Å². The van der Waals surface area contributed by atoms with Gasteiger partial charge >= 0.3 is 12.1 Å². The van der Waals surface area contributed by atoms with Crippen molar-refractivity contribution in [3.8, 4) is 0 Å². The van der Waals surface area contributed by atoms with E-state index in [1.807, 2.05) is 0 Å². The van der Waals surface area contributed by atoms with Crippen LogP contribution in [0, 0.1) is 13.8 Å². The number of thiazole rings is 1. The average Bonchev–Trinajstić information content (AvgIpc) is 3.28. The van der Waals surface area contributed by atoms with Crippen molar-refractivity contribution in [2.45, 2.75) is 39.8 Å². The molecular formula is C17H17F3N6O3S. The smallest absolute Gasteiger partial charge is 0.453 e. The minimum Gasteiger partial charge on any atom is -0.461 e. The van der Waals surface area contributed by atoms with Crippen molar-refractivity contribution in [1.82, 2.24) is 24.6 Å². The number of esters is 1. The minimum atomic E-state index is -4.68. The second-order valence-electron chi connectivity index (χ2n) is 6.21. The van der Waals surface area contributed by atoms with Crippen molar-refractivity contribution >= 4 is 34.1 Å². The molecule has 3 aromatic heterocycles. The van der Waals surface area contributed by atoms with Crippen LogP contribution < -0.4 is 5.32 Å². The van der Waals surface area contributed by atoms with Crippen LogP contribution >= 0.6 is 11.3 Å². The molecule has 9 nitrogen and oxygen atoms in total. The summed E-state index contributed by atoms with van der Waals surface area (Å²) in [6.07, 6.45) is -4.42. The van der Waals surface area contributed by atoms with E-state index in [2.05, 4.69) is 25.4 Å². The highest BCUT2D eigenvalue weighted by Crippen LogP contribution is 2.27. The third-order valence-corrected chi connectivity index (χ3v) is 4.90. The maximum atomic E-state index is 12.9. The molecule has 0 bridgehead atoms. The van der Waals surface area contributed by atoms with Gasteiger partial charge in [-0.3, -0.25) is 4.79 Å². The number of halogens is 3. The molecule has 0 aromatic carbocycles. The molecule has 0 fully saturated rings. The summed E-state index contributed by atoms with van der Waals surface area (Å²) in [6.45, 7) is 5.11. The first kappa shape index (κ1) is 21.6. The van der Waals surface area contributed by atoms with Gasteiger partial charge in [0, 0.05) is 23.2 Å². The number of hydrogen-bond acceptors (Lipinski definition) is 8. The van der Waals surface area contributed by atoms with Gasteiger partial charge in [0.1, 0.15) is 0 Å². The number of amides is 1. The first-order chi connectivity index (χ1) is 14.1. The van der Waals surface area contributed by atoms with Crippen molar-refractivity contribution in [3.63, 3.8) is 0 Å². The highest BCUT2D eigenvalue weighted by Gasteiger charge is 2.37. The van der Waals surface area contributed by atoms with Gasteiger partial charge < -0.3 is 10.1 Å². The van der Waals surface area contributed by atoms with Gasteiger partial charge in [0.05, 0.1) is 6.61 Å². The number of carbonyl (C=O) groups is 2. The summed E-state index contributed by atoms with van der Waals surface area (Å²) in [5.74, 6) is -2.37. The average molecular weight is 442 g/mol. The lowest BCUT2D eigenvalue weighted by atomic mass is 10.1. The van der Waals surface area contributed by atoms with Crippen molar-refractivity contribution in [1.29, 1.82) is 0 Å². The highest BCUT2D eigenvalue weighted by molar-refractivity contribution is 7.14. The van der Waals surface area contributed by atoms with Crippen LogP contribution in [0.5, 0.6) is 0 Å². The van der Waals surface area contributed by atoms with E-state index in [4.69, 9.17) is 4.74 Å². The molecule has 0 radical (unpaired) electrons. The summed E-state index contributed by atoms with van der Waals surface area (Å²) in [5.41, 5.74) is 1.59. The van der Waals surface area contributed by atoms with Crippen LogP contribution in [0.3, 0.4) is 0 Å². The number of nitrogens with zero attached hydrogens (tertiary/aromatic N) is 5. The fourth-order valence-electron chi connectivity index (χ4n) is 2.74. The predicted octanol–water partition coefficient (Wildman–Crippen LogP) is 2.96. The van der Waals surface area contributed by atoms with Gasteiger partial charge in [-0.2, -0.15) is 18.2 Å². The number of nitrogens with one attached hydrogen (secondary N) is 1. The van der Waals surface area contributed by atoms with E-state index in [1.165, 1.54) is 5.38 Å². The number of alkyl halides is 3.